The third-order valence-corrected chi connectivity index (χ3v) is 4.53. The van der Waals surface area contributed by atoms with Crippen LogP contribution in [0.5, 0.6) is 0 Å². The molecular formula is C12H14ClN3O3S. The van der Waals surface area contributed by atoms with E-state index in [1.165, 1.54) is 12.1 Å². The Balaban J connectivity index is 2.02. The zero-order valence-corrected chi connectivity index (χ0v) is 12.6. The van der Waals surface area contributed by atoms with E-state index in [2.05, 4.69) is 14.9 Å². The minimum Gasteiger partial charge on any atom is -0.340 e. The van der Waals surface area contributed by atoms with E-state index in [9.17, 15) is 8.42 Å². The second-order valence-corrected chi connectivity index (χ2v) is 6.46. The molecule has 0 unspecified atom stereocenters. The molecule has 0 bridgehead atoms. The number of nitrogens with one attached hydrogen (secondary N) is 1. The van der Waals surface area contributed by atoms with E-state index in [0.717, 1.165) is 0 Å². The molecular weight excluding hydrogens is 302 g/mol. The molecule has 0 aliphatic heterocycles. The van der Waals surface area contributed by atoms with Gasteiger partial charge in [-0.25, -0.2) is 13.1 Å². The van der Waals surface area contributed by atoms with Gasteiger partial charge in [-0.2, -0.15) is 4.98 Å². The van der Waals surface area contributed by atoms with Crippen LogP contribution in [0.3, 0.4) is 0 Å². The number of aromatic nitrogens is 2. The number of rotatable bonds is 5. The van der Waals surface area contributed by atoms with Gasteiger partial charge in [0.2, 0.25) is 15.9 Å². The average molecular weight is 316 g/mol. The van der Waals surface area contributed by atoms with Gasteiger partial charge < -0.3 is 4.52 Å². The van der Waals surface area contributed by atoms with E-state index in [1.807, 2.05) is 0 Å². The van der Waals surface area contributed by atoms with Crippen molar-refractivity contribution in [2.45, 2.75) is 25.2 Å². The standard InChI is InChI=1S/C12H14ClN3O3S/c1-8-7-10(3-4-11(8)13)20(17,18)14-6-5-12-15-9(2)19-16-12/h3-4,7,14H,5-6H2,1-2H3. The van der Waals surface area contributed by atoms with Gasteiger partial charge >= 0.3 is 0 Å². The largest absolute Gasteiger partial charge is 0.340 e. The Labute approximate surface area is 122 Å². The van der Waals surface area contributed by atoms with E-state index in [0.29, 0.717) is 28.7 Å². The summed E-state index contributed by atoms with van der Waals surface area (Å²) >= 11 is 5.88. The Morgan fingerprint density at radius 2 is 2.10 bits per heavy atom. The van der Waals surface area contributed by atoms with E-state index in [1.54, 1.807) is 19.9 Å². The Kier molecular flexibility index (Phi) is 4.42. The van der Waals surface area contributed by atoms with Crippen molar-refractivity contribution < 1.29 is 12.9 Å². The van der Waals surface area contributed by atoms with Gasteiger partial charge in [0.1, 0.15) is 0 Å². The van der Waals surface area contributed by atoms with Crippen LogP contribution in [0.4, 0.5) is 0 Å². The second-order valence-electron chi connectivity index (χ2n) is 4.29. The molecule has 0 aliphatic carbocycles. The summed E-state index contributed by atoms with van der Waals surface area (Å²) in [6.07, 6.45) is 0.364. The van der Waals surface area contributed by atoms with E-state index in [4.69, 9.17) is 16.1 Å². The Bertz CT molecular complexity index is 712. The van der Waals surface area contributed by atoms with Crippen LogP contribution in [0.1, 0.15) is 17.3 Å². The first-order valence-corrected chi connectivity index (χ1v) is 7.79. The first kappa shape index (κ1) is 15.0. The molecule has 20 heavy (non-hydrogen) atoms. The lowest BCUT2D eigenvalue weighted by Crippen LogP contribution is -2.26. The number of benzene rings is 1. The minimum absolute atomic E-state index is 0.184. The van der Waals surface area contributed by atoms with Gasteiger partial charge in [-0.05, 0) is 30.7 Å². The molecule has 8 heteroatoms. The molecule has 1 aromatic heterocycles. The molecule has 0 aliphatic rings. The van der Waals surface area contributed by atoms with Crippen molar-refractivity contribution in [2.24, 2.45) is 0 Å². The first-order valence-electron chi connectivity index (χ1n) is 5.93. The summed E-state index contributed by atoms with van der Waals surface area (Å²) in [7, 11) is -3.56. The molecule has 0 spiro atoms. The molecule has 2 rings (SSSR count). The van der Waals surface area contributed by atoms with Crippen molar-refractivity contribution in [1.29, 1.82) is 0 Å². The zero-order valence-electron chi connectivity index (χ0n) is 11.1. The number of halogens is 1. The zero-order chi connectivity index (χ0) is 14.8. The van der Waals surface area contributed by atoms with Crippen molar-refractivity contribution in [3.8, 4) is 0 Å². The Morgan fingerprint density at radius 3 is 2.70 bits per heavy atom. The van der Waals surface area contributed by atoms with Gasteiger partial charge in [-0.1, -0.05) is 16.8 Å². The summed E-state index contributed by atoms with van der Waals surface area (Å²) in [5, 5.41) is 4.23. The fraction of sp³-hybridized carbons (Fsp3) is 0.333. The molecule has 0 saturated carbocycles. The summed E-state index contributed by atoms with van der Waals surface area (Å²) in [5.41, 5.74) is 0.711. The van der Waals surface area contributed by atoms with Crippen molar-refractivity contribution in [1.82, 2.24) is 14.9 Å². The lowest BCUT2D eigenvalue weighted by atomic mass is 10.2. The predicted octanol–water partition coefficient (Wildman–Crippen LogP) is 1.86. The highest BCUT2D eigenvalue weighted by atomic mass is 35.5. The normalized spacial score (nSPS) is 11.8. The third-order valence-electron chi connectivity index (χ3n) is 2.65. The fourth-order valence-corrected chi connectivity index (χ4v) is 2.84. The highest BCUT2D eigenvalue weighted by Gasteiger charge is 2.15. The molecule has 1 heterocycles. The highest BCUT2D eigenvalue weighted by Crippen LogP contribution is 2.19. The van der Waals surface area contributed by atoms with Crippen molar-refractivity contribution in [2.75, 3.05) is 6.54 Å². The molecule has 0 fully saturated rings. The molecule has 0 amide bonds. The van der Waals surface area contributed by atoms with Gasteiger partial charge in [0.25, 0.3) is 0 Å². The summed E-state index contributed by atoms with van der Waals surface area (Å²) < 4.78 is 31.4. The molecule has 2 aromatic rings. The fourth-order valence-electron chi connectivity index (χ4n) is 1.61. The maximum atomic E-state index is 12.1. The quantitative estimate of drug-likeness (QED) is 0.910. The molecule has 0 saturated heterocycles. The van der Waals surface area contributed by atoms with Crippen LogP contribution in [0.15, 0.2) is 27.6 Å². The topological polar surface area (TPSA) is 85.1 Å². The molecule has 0 radical (unpaired) electrons. The van der Waals surface area contributed by atoms with Crippen LogP contribution in [0.25, 0.3) is 0 Å². The third kappa shape index (κ3) is 3.56. The van der Waals surface area contributed by atoms with Crippen LogP contribution in [0, 0.1) is 13.8 Å². The summed E-state index contributed by atoms with van der Waals surface area (Å²) in [6, 6.07) is 4.56. The number of hydrogen-bond acceptors (Lipinski definition) is 5. The molecule has 6 nitrogen and oxygen atoms in total. The van der Waals surface area contributed by atoms with Crippen LogP contribution in [-0.4, -0.2) is 25.1 Å². The SMILES string of the molecule is Cc1nc(CCNS(=O)(=O)c2ccc(Cl)c(C)c2)no1. The van der Waals surface area contributed by atoms with Gasteiger partial charge in [-0.15, -0.1) is 0 Å². The average Bonchev–Trinajstić information content (AvgIpc) is 2.78. The van der Waals surface area contributed by atoms with Crippen LogP contribution in [-0.2, 0) is 16.4 Å². The van der Waals surface area contributed by atoms with Crippen LogP contribution in [0.2, 0.25) is 5.02 Å². The van der Waals surface area contributed by atoms with Crippen molar-refractivity contribution in [3.63, 3.8) is 0 Å². The van der Waals surface area contributed by atoms with Gasteiger partial charge in [0, 0.05) is 24.9 Å². The van der Waals surface area contributed by atoms with Gasteiger partial charge in [0.05, 0.1) is 4.90 Å². The predicted molar refractivity (Wildman–Crippen MR) is 74.1 cm³/mol. The smallest absolute Gasteiger partial charge is 0.240 e. The minimum atomic E-state index is -3.56. The number of hydrogen-bond donors (Lipinski definition) is 1. The van der Waals surface area contributed by atoms with E-state index >= 15 is 0 Å². The number of aryl methyl sites for hydroxylation is 2. The van der Waals surface area contributed by atoms with Gasteiger partial charge in [0.15, 0.2) is 5.82 Å². The molecule has 108 valence electrons. The van der Waals surface area contributed by atoms with Crippen LogP contribution < -0.4 is 4.72 Å². The lowest BCUT2D eigenvalue weighted by Gasteiger charge is -2.07. The Morgan fingerprint density at radius 1 is 1.35 bits per heavy atom. The summed E-state index contributed by atoms with van der Waals surface area (Å²) in [5.74, 6) is 0.925. The van der Waals surface area contributed by atoms with E-state index in [-0.39, 0.29) is 11.4 Å². The lowest BCUT2D eigenvalue weighted by molar-refractivity contribution is 0.387. The summed E-state index contributed by atoms with van der Waals surface area (Å²) in [4.78, 5) is 4.18. The number of sulfonamides is 1. The molecule has 1 aromatic carbocycles. The first-order chi connectivity index (χ1) is 9.38. The maximum absolute atomic E-state index is 12.1. The molecule has 0 atom stereocenters. The monoisotopic (exact) mass is 315 g/mol. The van der Waals surface area contributed by atoms with Crippen LogP contribution >= 0.6 is 11.6 Å². The maximum Gasteiger partial charge on any atom is 0.240 e. The second kappa shape index (κ2) is 5.90. The van der Waals surface area contributed by atoms with Gasteiger partial charge in [-0.3, -0.25) is 0 Å². The summed E-state index contributed by atoms with van der Waals surface area (Å²) in [6.45, 7) is 3.63. The van der Waals surface area contributed by atoms with Crippen molar-refractivity contribution in [3.05, 3.63) is 40.5 Å². The van der Waals surface area contributed by atoms with E-state index < -0.39 is 10.0 Å². The molecule has 1 N–H and O–H groups in total. The highest BCUT2D eigenvalue weighted by molar-refractivity contribution is 7.89. The number of nitrogens with zero attached hydrogens (tertiary/aromatic N) is 2. The van der Waals surface area contributed by atoms with Crippen molar-refractivity contribution >= 4 is 21.6 Å². The Hall–Kier alpha value is -1.44.